The van der Waals surface area contributed by atoms with Crippen molar-refractivity contribution >= 4 is 5.91 Å². The molecule has 0 aliphatic heterocycles. The lowest BCUT2D eigenvalue weighted by atomic mass is 10.2. The predicted molar refractivity (Wildman–Crippen MR) is 52.2 cm³/mol. The Bertz CT molecular complexity index is 259. The van der Waals surface area contributed by atoms with E-state index in [1.54, 1.807) is 12.1 Å². The molecule has 1 rings (SSSR count). The molecule has 70 valence electrons. The summed E-state index contributed by atoms with van der Waals surface area (Å²) in [6.07, 6.45) is 0.995. The molecule has 0 radical (unpaired) electrons. The summed E-state index contributed by atoms with van der Waals surface area (Å²) in [5.41, 5.74) is 6.12. The number of benzene rings is 1. The van der Waals surface area contributed by atoms with Gasteiger partial charge >= 0.3 is 0 Å². The molecule has 0 saturated carbocycles. The number of amides is 1. The number of hydrogen-bond donors (Lipinski definition) is 2. The number of hydrazine groups is 1. The van der Waals surface area contributed by atoms with Crippen molar-refractivity contribution in [3.63, 3.8) is 0 Å². The Morgan fingerprint density at radius 2 is 2.00 bits per heavy atom. The molecule has 1 aromatic carbocycles. The van der Waals surface area contributed by atoms with Crippen molar-refractivity contribution in [2.45, 2.75) is 13.3 Å². The summed E-state index contributed by atoms with van der Waals surface area (Å²) in [5, 5.41) is 0. The van der Waals surface area contributed by atoms with Crippen LogP contribution < -0.4 is 10.9 Å². The summed E-state index contributed by atoms with van der Waals surface area (Å²) in [5.74, 6) is -0.0888. The van der Waals surface area contributed by atoms with Crippen LogP contribution in [0.2, 0.25) is 0 Å². The van der Waals surface area contributed by atoms with Crippen LogP contribution in [0.3, 0.4) is 0 Å². The molecule has 0 heterocycles. The van der Waals surface area contributed by atoms with Crippen molar-refractivity contribution < 1.29 is 4.79 Å². The van der Waals surface area contributed by atoms with Gasteiger partial charge in [-0.25, -0.2) is 5.43 Å². The van der Waals surface area contributed by atoms with Gasteiger partial charge in [-0.05, 0) is 18.6 Å². The van der Waals surface area contributed by atoms with Gasteiger partial charge in [0.2, 0.25) is 0 Å². The molecule has 2 N–H and O–H groups in total. The van der Waals surface area contributed by atoms with Gasteiger partial charge in [0, 0.05) is 12.1 Å². The first-order chi connectivity index (χ1) is 6.34. The molecule has 1 aromatic rings. The molecule has 0 unspecified atom stereocenters. The third-order valence-electron chi connectivity index (χ3n) is 1.61. The van der Waals surface area contributed by atoms with Crippen LogP contribution in [0.5, 0.6) is 0 Å². The Kier molecular flexibility index (Phi) is 3.99. The minimum atomic E-state index is -0.0888. The van der Waals surface area contributed by atoms with Crippen LogP contribution in [-0.2, 0) is 0 Å². The molecule has 0 spiro atoms. The third kappa shape index (κ3) is 3.25. The fourth-order valence-corrected chi connectivity index (χ4v) is 0.929. The minimum Gasteiger partial charge on any atom is -0.287 e. The van der Waals surface area contributed by atoms with Crippen LogP contribution >= 0.6 is 0 Å². The van der Waals surface area contributed by atoms with Crippen LogP contribution in [0, 0.1) is 0 Å². The van der Waals surface area contributed by atoms with Crippen molar-refractivity contribution in [3.05, 3.63) is 35.9 Å². The number of hydrogen-bond acceptors (Lipinski definition) is 2. The molecular formula is C10H14N2O. The van der Waals surface area contributed by atoms with Crippen LogP contribution in [0.1, 0.15) is 23.7 Å². The second-order valence-corrected chi connectivity index (χ2v) is 2.75. The van der Waals surface area contributed by atoms with E-state index >= 15 is 0 Å². The van der Waals surface area contributed by atoms with Gasteiger partial charge in [0.15, 0.2) is 0 Å². The Morgan fingerprint density at radius 1 is 1.31 bits per heavy atom. The molecule has 0 fully saturated rings. The van der Waals surface area contributed by atoms with Crippen LogP contribution in [-0.4, -0.2) is 12.5 Å². The quantitative estimate of drug-likeness (QED) is 0.539. The maximum absolute atomic E-state index is 11.3. The Balaban J connectivity index is 2.40. The second-order valence-electron chi connectivity index (χ2n) is 2.75. The highest BCUT2D eigenvalue weighted by molar-refractivity contribution is 5.93. The summed E-state index contributed by atoms with van der Waals surface area (Å²) in [6, 6.07) is 9.13. The zero-order valence-electron chi connectivity index (χ0n) is 7.71. The van der Waals surface area contributed by atoms with E-state index in [0.29, 0.717) is 5.56 Å². The van der Waals surface area contributed by atoms with E-state index in [2.05, 4.69) is 10.9 Å². The summed E-state index contributed by atoms with van der Waals surface area (Å²) < 4.78 is 0. The zero-order chi connectivity index (χ0) is 9.52. The minimum absolute atomic E-state index is 0.0888. The first kappa shape index (κ1) is 9.74. The first-order valence-corrected chi connectivity index (χ1v) is 4.43. The van der Waals surface area contributed by atoms with Crippen LogP contribution in [0.15, 0.2) is 30.3 Å². The van der Waals surface area contributed by atoms with E-state index < -0.39 is 0 Å². The fraction of sp³-hybridized carbons (Fsp3) is 0.300. The molecule has 0 saturated heterocycles. The van der Waals surface area contributed by atoms with Crippen LogP contribution in [0.4, 0.5) is 0 Å². The number of rotatable bonds is 4. The van der Waals surface area contributed by atoms with Crippen molar-refractivity contribution in [1.82, 2.24) is 10.9 Å². The van der Waals surface area contributed by atoms with E-state index in [1.165, 1.54) is 0 Å². The van der Waals surface area contributed by atoms with E-state index in [4.69, 9.17) is 0 Å². The number of carbonyl (C=O) groups is 1. The van der Waals surface area contributed by atoms with Gasteiger partial charge in [0.05, 0.1) is 0 Å². The fourth-order valence-electron chi connectivity index (χ4n) is 0.929. The van der Waals surface area contributed by atoms with Gasteiger partial charge in [-0.2, -0.15) is 0 Å². The molecule has 0 aliphatic rings. The summed E-state index contributed by atoms with van der Waals surface area (Å²) >= 11 is 0. The smallest absolute Gasteiger partial charge is 0.265 e. The lowest BCUT2D eigenvalue weighted by Crippen LogP contribution is -2.37. The number of nitrogens with one attached hydrogen (secondary N) is 2. The van der Waals surface area contributed by atoms with Crippen molar-refractivity contribution in [2.24, 2.45) is 0 Å². The molecule has 3 heteroatoms. The highest BCUT2D eigenvalue weighted by Gasteiger charge is 2.01. The van der Waals surface area contributed by atoms with Gasteiger partial charge in [0.1, 0.15) is 0 Å². The second kappa shape index (κ2) is 5.32. The van der Waals surface area contributed by atoms with E-state index in [9.17, 15) is 4.79 Å². The maximum atomic E-state index is 11.3. The Labute approximate surface area is 78.1 Å². The van der Waals surface area contributed by atoms with Gasteiger partial charge in [-0.1, -0.05) is 25.1 Å². The van der Waals surface area contributed by atoms with Gasteiger partial charge in [0.25, 0.3) is 5.91 Å². The first-order valence-electron chi connectivity index (χ1n) is 4.43. The summed E-state index contributed by atoms with van der Waals surface area (Å²) in [7, 11) is 0. The molecule has 1 amide bonds. The molecule has 0 aromatic heterocycles. The van der Waals surface area contributed by atoms with Crippen molar-refractivity contribution in [1.29, 1.82) is 0 Å². The molecule has 0 bridgehead atoms. The molecular weight excluding hydrogens is 164 g/mol. The van der Waals surface area contributed by atoms with Crippen molar-refractivity contribution in [3.8, 4) is 0 Å². The number of carbonyl (C=O) groups excluding carboxylic acids is 1. The maximum Gasteiger partial charge on any atom is 0.265 e. The molecule has 13 heavy (non-hydrogen) atoms. The summed E-state index contributed by atoms with van der Waals surface area (Å²) in [4.78, 5) is 11.3. The zero-order valence-corrected chi connectivity index (χ0v) is 7.71. The lowest BCUT2D eigenvalue weighted by molar-refractivity contribution is 0.0933. The average molecular weight is 178 g/mol. The van der Waals surface area contributed by atoms with E-state index in [-0.39, 0.29) is 5.91 Å². The average Bonchev–Trinajstić information content (AvgIpc) is 2.19. The monoisotopic (exact) mass is 178 g/mol. The predicted octanol–water partition coefficient (Wildman–Crippen LogP) is 1.33. The SMILES string of the molecule is CCCNNC(=O)c1ccccc1. The standard InChI is InChI=1S/C10H14N2O/c1-2-8-11-12-10(13)9-6-4-3-5-7-9/h3-7,11H,2,8H2,1H3,(H,12,13). The van der Waals surface area contributed by atoms with Gasteiger partial charge in [-0.15, -0.1) is 0 Å². The largest absolute Gasteiger partial charge is 0.287 e. The van der Waals surface area contributed by atoms with Crippen molar-refractivity contribution in [2.75, 3.05) is 6.54 Å². The summed E-state index contributed by atoms with van der Waals surface area (Å²) in [6.45, 7) is 2.83. The van der Waals surface area contributed by atoms with E-state index in [1.807, 2.05) is 25.1 Å². The van der Waals surface area contributed by atoms with Crippen LogP contribution in [0.25, 0.3) is 0 Å². The Morgan fingerprint density at radius 3 is 2.62 bits per heavy atom. The van der Waals surface area contributed by atoms with E-state index in [0.717, 1.165) is 13.0 Å². The Hall–Kier alpha value is -1.35. The van der Waals surface area contributed by atoms with Gasteiger partial charge < -0.3 is 0 Å². The lowest BCUT2D eigenvalue weighted by Gasteiger charge is -2.04. The normalized spacial score (nSPS) is 9.62. The molecule has 0 aliphatic carbocycles. The highest BCUT2D eigenvalue weighted by atomic mass is 16.2. The third-order valence-corrected chi connectivity index (χ3v) is 1.61. The highest BCUT2D eigenvalue weighted by Crippen LogP contribution is 1.96. The topological polar surface area (TPSA) is 41.1 Å². The molecule has 0 atom stereocenters. The molecule has 3 nitrogen and oxygen atoms in total. The van der Waals surface area contributed by atoms with Gasteiger partial charge in [-0.3, -0.25) is 10.2 Å².